The van der Waals surface area contributed by atoms with Crippen LogP contribution in [0.3, 0.4) is 0 Å². The zero-order chi connectivity index (χ0) is 25.3. The average molecular weight is 482 g/mol. The number of nitrogens with two attached hydrogens (primary N) is 2. The molecule has 0 radical (unpaired) electrons. The number of alkyl halides is 3. The van der Waals surface area contributed by atoms with E-state index in [9.17, 15) is 22.8 Å². The van der Waals surface area contributed by atoms with Crippen molar-refractivity contribution in [3.05, 3.63) is 77.6 Å². The van der Waals surface area contributed by atoms with Crippen molar-refractivity contribution < 1.29 is 22.8 Å². The highest BCUT2D eigenvalue weighted by molar-refractivity contribution is 5.92. The number of halogens is 3. The van der Waals surface area contributed by atoms with Gasteiger partial charge in [-0.15, -0.1) is 0 Å². The molecule has 4 aromatic rings. The van der Waals surface area contributed by atoms with E-state index in [0.717, 1.165) is 28.6 Å². The Bertz CT molecular complexity index is 1410. The van der Waals surface area contributed by atoms with Crippen LogP contribution in [0.4, 0.5) is 19.0 Å². The van der Waals surface area contributed by atoms with Crippen LogP contribution in [0.5, 0.6) is 0 Å². The fourth-order valence-corrected chi connectivity index (χ4v) is 3.54. The van der Waals surface area contributed by atoms with Gasteiger partial charge in [0.15, 0.2) is 5.82 Å². The molecule has 2 heterocycles. The maximum absolute atomic E-state index is 12.8. The predicted molar refractivity (Wildman–Crippen MR) is 124 cm³/mol. The van der Waals surface area contributed by atoms with Crippen LogP contribution < -0.4 is 16.8 Å². The molecule has 8 nitrogen and oxygen atoms in total. The number of nitrogens with zero attached hydrogens (tertiary/aromatic N) is 3. The van der Waals surface area contributed by atoms with E-state index in [2.05, 4.69) is 15.3 Å². The molecule has 2 amide bonds. The highest BCUT2D eigenvalue weighted by atomic mass is 19.4. The minimum atomic E-state index is -4.38. The highest BCUT2D eigenvalue weighted by Crippen LogP contribution is 2.30. The summed E-state index contributed by atoms with van der Waals surface area (Å²) in [6.07, 6.45) is -2.55. The molecule has 0 fully saturated rings. The topological polar surface area (TPSA) is 129 Å². The summed E-state index contributed by atoms with van der Waals surface area (Å²) < 4.78 is 40.3. The molecule has 0 aliphatic heterocycles. The third kappa shape index (κ3) is 5.24. The molecule has 11 heteroatoms. The Balaban J connectivity index is 1.64. The van der Waals surface area contributed by atoms with Crippen LogP contribution in [0.2, 0.25) is 0 Å². The molecule has 2 aromatic heterocycles. The van der Waals surface area contributed by atoms with E-state index >= 15 is 0 Å². The van der Waals surface area contributed by atoms with Gasteiger partial charge in [-0.2, -0.15) is 13.2 Å². The van der Waals surface area contributed by atoms with Crippen LogP contribution in [-0.2, 0) is 17.5 Å². The lowest BCUT2D eigenvalue weighted by atomic mass is 10.1. The Kier molecular flexibility index (Phi) is 6.16. The molecular formula is C24H21F3N6O2. The van der Waals surface area contributed by atoms with Crippen molar-refractivity contribution in [2.45, 2.75) is 25.7 Å². The van der Waals surface area contributed by atoms with Gasteiger partial charge in [-0.1, -0.05) is 12.1 Å². The van der Waals surface area contributed by atoms with Crippen LogP contribution in [0.1, 0.15) is 28.5 Å². The van der Waals surface area contributed by atoms with Gasteiger partial charge in [0.25, 0.3) is 5.91 Å². The molecule has 0 saturated heterocycles. The Morgan fingerprint density at radius 1 is 1.03 bits per heavy atom. The van der Waals surface area contributed by atoms with E-state index in [1.165, 1.54) is 18.2 Å². The van der Waals surface area contributed by atoms with Gasteiger partial charge >= 0.3 is 6.18 Å². The molecule has 2 aromatic carbocycles. The van der Waals surface area contributed by atoms with Crippen molar-refractivity contribution in [3.63, 3.8) is 0 Å². The largest absolute Gasteiger partial charge is 0.416 e. The number of amides is 2. The molecule has 35 heavy (non-hydrogen) atoms. The molecule has 180 valence electrons. The number of primary amides is 2. The average Bonchev–Trinajstić information content (AvgIpc) is 3.20. The number of benzene rings is 2. The number of nitrogens with one attached hydrogen (secondary N) is 1. The normalized spacial score (nSPS) is 12.5. The van der Waals surface area contributed by atoms with E-state index < -0.39 is 29.6 Å². The van der Waals surface area contributed by atoms with Crippen LogP contribution in [-0.4, -0.2) is 32.4 Å². The van der Waals surface area contributed by atoms with Gasteiger partial charge in [0.2, 0.25) is 5.91 Å². The molecule has 0 spiro atoms. The Morgan fingerprint density at radius 2 is 1.74 bits per heavy atom. The second kappa shape index (κ2) is 9.09. The van der Waals surface area contributed by atoms with Crippen molar-refractivity contribution in [2.24, 2.45) is 11.5 Å². The molecule has 5 N–H and O–H groups in total. The minimum absolute atomic E-state index is 0.0332. The lowest BCUT2D eigenvalue weighted by Crippen LogP contribution is -2.33. The summed E-state index contributed by atoms with van der Waals surface area (Å²) in [4.78, 5) is 31.8. The molecule has 0 bridgehead atoms. The number of hydrogen-bond acceptors (Lipinski definition) is 5. The van der Waals surface area contributed by atoms with Gasteiger partial charge in [-0.25, -0.2) is 9.97 Å². The van der Waals surface area contributed by atoms with E-state index in [0.29, 0.717) is 12.1 Å². The lowest BCUT2D eigenvalue weighted by Gasteiger charge is -2.13. The zero-order valence-electron chi connectivity index (χ0n) is 18.5. The first-order valence-electron chi connectivity index (χ1n) is 10.5. The third-order valence-corrected chi connectivity index (χ3v) is 5.43. The predicted octanol–water partition coefficient (Wildman–Crippen LogP) is 3.55. The lowest BCUT2D eigenvalue weighted by molar-refractivity contribution is -0.137. The summed E-state index contributed by atoms with van der Waals surface area (Å²) in [7, 11) is 0. The first-order chi connectivity index (χ1) is 16.5. The van der Waals surface area contributed by atoms with E-state index in [1.54, 1.807) is 13.0 Å². The van der Waals surface area contributed by atoms with Crippen molar-refractivity contribution in [2.75, 3.05) is 5.32 Å². The maximum atomic E-state index is 12.8. The summed E-state index contributed by atoms with van der Waals surface area (Å²) in [6, 6.07) is 12.9. The van der Waals surface area contributed by atoms with Gasteiger partial charge < -0.3 is 21.4 Å². The highest BCUT2D eigenvalue weighted by Gasteiger charge is 2.29. The third-order valence-electron chi connectivity index (χ3n) is 5.43. The summed E-state index contributed by atoms with van der Waals surface area (Å²) in [5.41, 5.74) is 12.1. The Labute approximate surface area is 197 Å². The van der Waals surface area contributed by atoms with Gasteiger partial charge in [-0.05, 0) is 48.9 Å². The summed E-state index contributed by atoms with van der Waals surface area (Å²) in [5.74, 6) is -0.915. The van der Waals surface area contributed by atoms with Crippen LogP contribution in [0.25, 0.3) is 22.3 Å². The van der Waals surface area contributed by atoms with E-state index in [4.69, 9.17) is 11.5 Å². The molecule has 1 atom stereocenters. The number of anilines is 1. The van der Waals surface area contributed by atoms with Gasteiger partial charge in [0, 0.05) is 35.3 Å². The number of carbonyl (C=O) groups excluding carboxylic acids is 2. The fourth-order valence-electron chi connectivity index (χ4n) is 3.54. The summed E-state index contributed by atoms with van der Waals surface area (Å²) in [6.45, 7) is 1.94. The number of carbonyl (C=O) groups is 2. The maximum Gasteiger partial charge on any atom is 0.416 e. The second-order valence-corrected chi connectivity index (χ2v) is 8.01. The Hall–Kier alpha value is -4.41. The van der Waals surface area contributed by atoms with Crippen LogP contribution in [0.15, 0.2) is 60.8 Å². The number of fused-ring (bicyclic) bond motifs is 1. The van der Waals surface area contributed by atoms with E-state index in [-0.39, 0.29) is 17.3 Å². The molecule has 0 aliphatic carbocycles. The van der Waals surface area contributed by atoms with E-state index in [1.807, 2.05) is 29.0 Å². The molecule has 0 unspecified atom stereocenters. The van der Waals surface area contributed by atoms with Crippen molar-refractivity contribution in [1.29, 1.82) is 0 Å². The second-order valence-electron chi connectivity index (χ2n) is 8.01. The zero-order valence-corrected chi connectivity index (χ0v) is 18.5. The quantitative estimate of drug-likeness (QED) is 0.371. The fraction of sp³-hybridized carbons (Fsp3) is 0.167. The summed E-state index contributed by atoms with van der Waals surface area (Å²) >= 11 is 0. The number of aromatic nitrogens is 3. The monoisotopic (exact) mass is 482 g/mol. The van der Waals surface area contributed by atoms with Crippen molar-refractivity contribution >= 4 is 28.5 Å². The number of rotatable bonds is 7. The van der Waals surface area contributed by atoms with Gasteiger partial charge in [0.1, 0.15) is 17.6 Å². The van der Waals surface area contributed by atoms with Crippen molar-refractivity contribution in [1.82, 2.24) is 14.5 Å². The smallest absolute Gasteiger partial charge is 0.368 e. The standard InChI is InChI=1S/C24H21F3N6O2/c1-13(21(28)34)30-20-11-18(22(29)35)31-23(32-20)16-4-7-19-15(10-16)8-9-33(19)12-14-2-5-17(6-3-14)24(25,26)27/h2-11,13H,12H2,1H3,(H2,28,34)(H2,29,35)(H,30,31,32)/t13-/m0/s1. The minimum Gasteiger partial charge on any atom is -0.368 e. The van der Waals surface area contributed by atoms with Crippen molar-refractivity contribution in [3.8, 4) is 11.4 Å². The number of hydrogen-bond donors (Lipinski definition) is 3. The van der Waals surface area contributed by atoms with Gasteiger partial charge in [-0.3, -0.25) is 9.59 Å². The first-order valence-corrected chi connectivity index (χ1v) is 10.5. The molecular weight excluding hydrogens is 461 g/mol. The molecule has 0 saturated carbocycles. The first kappa shape index (κ1) is 23.7. The van der Waals surface area contributed by atoms with Crippen LogP contribution in [0, 0.1) is 0 Å². The van der Waals surface area contributed by atoms with Crippen LogP contribution >= 0.6 is 0 Å². The Morgan fingerprint density at radius 3 is 2.37 bits per heavy atom. The molecule has 4 rings (SSSR count). The van der Waals surface area contributed by atoms with Gasteiger partial charge in [0.05, 0.1) is 5.56 Å². The summed E-state index contributed by atoms with van der Waals surface area (Å²) in [5, 5.41) is 3.66. The SMILES string of the molecule is C[C@H](Nc1cc(C(N)=O)nc(-c2ccc3c(ccn3Cc3ccc(C(F)(F)F)cc3)c2)n1)C(N)=O. The molecule has 0 aliphatic rings.